The van der Waals surface area contributed by atoms with Gasteiger partial charge >= 0.3 is 0 Å². The van der Waals surface area contributed by atoms with Crippen LogP contribution in [-0.4, -0.2) is 0 Å². The average molecular weight is 163 g/mol. The lowest BCUT2D eigenvalue weighted by Crippen LogP contribution is -1.97. The maximum absolute atomic E-state index is 5.66. The van der Waals surface area contributed by atoms with Crippen molar-refractivity contribution in [2.24, 2.45) is 5.92 Å². The maximum Gasteiger partial charge on any atom is 0.0316 e. The van der Waals surface area contributed by atoms with Gasteiger partial charge in [0.1, 0.15) is 0 Å². The summed E-state index contributed by atoms with van der Waals surface area (Å²) in [5, 5.41) is 0. The summed E-state index contributed by atoms with van der Waals surface area (Å²) in [5.74, 6) is 0.715. The van der Waals surface area contributed by atoms with E-state index in [9.17, 15) is 0 Å². The van der Waals surface area contributed by atoms with Crippen LogP contribution in [0.2, 0.25) is 0 Å². The van der Waals surface area contributed by atoms with Gasteiger partial charge in [0.15, 0.2) is 0 Å². The fourth-order valence-corrected chi connectivity index (χ4v) is 1.39. The van der Waals surface area contributed by atoms with E-state index >= 15 is 0 Å². The normalized spacial score (nSPS) is 10.7. The number of nitrogens with two attached hydrogens (primary N) is 1. The van der Waals surface area contributed by atoms with Crippen LogP contribution in [0.1, 0.15) is 25.0 Å². The number of nitrogen functional groups attached to an aromatic ring is 1. The highest BCUT2D eigenvalue weighted by atomic mass is 14.5. The lowest BCUT2D eigenvalue weighted by atomic mass is 9.98. The Morgan fingerprint density at radius 1 is 1.33 bits per heavy atom. The third-order valence-corrected chi connectivity index (χ3v) is 1.99. The number of benzene rings is 1. The molecule has 0 unspecified atom stereocenters. The van der Waals surface area contributed by atoms with Crippen molar-refractivity contribution in [1.29, 1.82) is 0 Å². The van der Waals surface area contributed by atoms with Gasteiger partial charge < -0.3 is 5.73 Å². The van der Waals surface area contributed by atoms with E-state index in [4.69, 9.17) is 5.73 Å². The molecule has 0 aliphatic heterocycles. The summed E-state index contributed by atoms with van der Waals surface area (Å²) in [6, 6.07) is 6.15. The van der Waals surface area contributed by atoms with Crippen LogP contribution in [0.4, 0.5) is 5.69 Å². The topological polar surface area (TPSA) is 26.0 Å². The van der Waals surface area contributed by atoms with Crippen LogP contribution in [0.15, 0.2) is 18.2 Å². The van der Waals surface area contributed by atoms with Gasteiger partial charge in [-0.05, 0) is 42.5 Å². The maximum atomic E-state index is 5.66. The van der Waals surface area contributed by atoms with E-state index < -0.39 is 0 Å². The molecule has 0 aliphatic rings. The summed E-state index contributed by atoms with van der Waals surface area (Å²) < 4.78 is 0. The fourth-order valence-electron chi connectivity index (χ4n) is 1.39. The molecule has 1 aromatic rings. The summed E-state index contributed by atoms with van der Waals surface area (Å²) in [5.41, 5.74) is 9.24. The Kier molecular flexibility index (Phi) is 2.74. The van der Waals surface area contributed by atoms with Gasteiger partial charge in [-0.25, -0.2) is 0 Å². The van der Waals surface area contributed by atoms with E-state index in [1.54, 1.807) is 0 Å². The van der Waals surface area contributed by atoms with Crippen LogP contribution in [0.25, 0.3) is 0 Å². The minimum atomic E-state index is 0.715. The van der Waals surface area contributed by atoms with Gasteiger partial charge in [0, 0.05) is 5.69 Å². The molecule has 12 heavy (non-hydrogen) atoms. The van der Waals surface area contributed by atoms with Crippen molar-refractivity contribution in [3.63, 3.8) is 0 Å². The van der Waals surface area contributed by atoms with Gasteiger partial charge in [-0.1, -0.05) is 19.9 Å². The second-order valence-corrected chi connectivity index (χ2v) is 3.78. The molecule has 0 aliphatic carbocycles. The lowest BCUT2D eigenvalue weighted by Gasteiger charge is -2.08. The third-order valence-electron chi connectivity index (χ3n) is 1.99. The van der Waals surface area contributed by atoms with Crippen LogP contribution in [0, 0.1) is 12.8 Å². The Morgan fingerprint density at radius 2 is 2.00 bits per heavy atom. The molecule has 0 saturated heterocycles. The van der Waals surface area contributed by atoms with Crippen molar-refractivity contribution in [2.75, 3.05) is 5.73 Å². The number of rotatable bonds is 2. The van der Waals surface area contributed by atoms with Crippen molar-refractivity contribution in [3.8, 4) is 0 Å². The van der Waals surface area contributed by atoms with E-state index in [0.29, 0.717) is 5.92 Å². The lowest BCUT2D eigenvalue weighted by molar-refractivity contribution is 0.645. The predicted molar refractivity (Wildman–Crippen MR) is 54.1 cm³/mol. The largest absolute Gasteiger partial charge is 0.399 e. The second-order valence-electron chi connectivity index (χ2n) is 3.78. The molecule has 0 radical (unpaired) electrons. The minimum Gasteiger partial charge on any atom is -0.399 e. The smallest absolute Gasteiger partial charge is 0.0316 e. The summed E-state index contributed by atoms with van der Waals surface area (Å²) >= 11 is 0. The molecule has 1 nitrogen and oxygen atoms in total. The van der Waals surface area contributed by atoms with Crippen molar-refractivity contribution in [1.82, 2.24) is 0 Å². The zero-order valence-electron chi connectivity index (χ0n) is 8.09. The highest BCUT2D eigenvalue weighted by molar-refractivity contribution is 5.44. The molecule has 0 bridgehead atoms. The van der Waals surface area contributed by atoms with Crippen molar-refractivity contribution >= 4 is 5.69 Å². The Morgan fingerprint density at radius 3 is 2.50 bits per heavy atom. The predicted octanol–water partition coefficient (Wildman–Crippen LogP) is 2.78. The molecule has 0 fully saturated rings. The fraction of sp³-hybridized carbons (Fsp3) is 0.455. The van der Waals surface area contributed by atoms with Crippen molar-refractivity contribution in [2.45, 2.75) is 27.2 Å². The zero-order chi connectivity index (χ0) is 9.14. The van der Waals surface area contributed by atoms with E-state index in [0.717, 1.165) is 12.1 Å². The molecule has 0 amide bonds. The van der Waals surface area contributed by atoms with Crippen LogP contribution < -0.4 is 5.73 Å². The van der Waals surface area contributed by atoms with Crippen LogP contribution >= 0.6 is 0 Å². The monoisotopic (exact) mass is 163 g/mol. The first-order valence-corrected chi connectivity index (χ1v) is 4.44. The Labute approximate surface area is 74.6 Å². The number of aryl methyl sites for hydroxylation is 1. The van der Waals surface area contributed by atoms with Crippen LogP contribution in [-0.2, 0) is 6.42 Å². The second kappa shape index (κ2) is 3.61. The third kappa shape index (κ3) is 2.26. The highest BCUT2D eigenvalue weighted by Crippen LogP contribution is 2.15. The summed E-state index contributed by atoms with van der Waals surface area (Å²) in [7, 11) is 0. The minimum absolute atomic E-state index is 0.715. The highest BCUT2D eigenvalue weighted by Gasteiger charge is 2.00. The van der Waals surface area contributed by atoms with Gasteiger partial charge in [-0.15, -0.1) is 0 Å². The van der Waals surface area contributed by atoms with E-state index in [2.05, 4.69) is 26.8 Å². The molecular formula is C11H17N. The molecule has 0 heterocycles. The molecule has 1 heteroatoms. The molecule has 0 aromatic heterocycles. The zero-order valence-corrected chi connectivity index (χ0v) is 8.09. The molecular weight excluding hydrogens is 146 g/mol. The molecule has 0 saturated carbocycles. The molecule has 0 spiro atoms. The van der Waals surface area contributed by atoms with Gasteiger partial charge in [-0.2, -0.15) is 0 Å². The summed E-state index contributed by atoms with van der Waals surface area (Å²) in [4.78, 5) is 0. The number of anilines is 1. The van der Waals surface area contributed by atoms with Gasteiger partial charge in [-0.3, -0.25) is 0 Å². The van der Waals surface area contributed by atoms with Gasteiger partial charge in [0.25, 0.3) is 0 Å². The van der Waals surface area contributed by atoms with Crippen molar-refractivity contribution < 1.29 is 0 Å². The van der Waals surface area contributed by atoms with Crippen LogP contribution in [0.5, 0.6) is 0 Å². The Bertz CT molecular complexity index is 264. The molecule has 2 N–H and O–H groups in total. The van der Waals surface area contributed by atoms with E-state index in [-0.39, 0.29) is 0 Å². The standard InChI is InChI=1S/C11H17N/c1-8(2)6-10-4-5-11(12)7-9(10)3/h4-5,7-8H,6,12H2,1-3H3. The quantitative estimate of drug-likeness (QED) is 0.666. The van der Waals surface area contributed by atoms with E-state index in [1.807, 2.05) is 12.1 Å². The number of hydrogen-bond donors (Lipinski definition) is 1. The van der Waals surface area contributed by atoms with Gasteiger partial charge in [0.2, 0.25) is 0 Å². The number of hydrogen-bond acceptors (Lipinski definition) is 1. The summed E-state index contributed by atoms with van der Waals surface area (Å²) in [6.07, 6.45) is 1.14. The molecule has 0 atom stereocenters. The Balaban J connectivity index is 2.86. The van der Waals surface area contributed by atoms with Crippen LogP contribution in [0.3, 0.4) is 0 Å². The van der Waals surface area contributed by atoms with E-state index in [1.165, 1.54) is 11.1 Å². The van der Waals surface area contributed by atoms with Crippen molar-refractivity contribution in [3.05, 3.63) is 29.3 Å². The molecule has 1 aromatic carbocycles. The Hall–Kier alpha value is -0.980. The molecule has 66 valence electrons. The first-order valence-electron chi connectivity index (χ1n) is 4.44. The SMILES string of the molecule is Cc1cc(N)ccc1CC(C)C. The first-order chi connectivity index (χ1) is 5.59. The molecule has 1 rings (SSSR count). The average Bonchev–Trinajstić information content (AvgIpc) is 1.94. The van der Waals surface area contributed by atoms with Gasteiger partial charge in [0.05, 0.1) is 0 Å². The first kappa shape index (κ1) is 9.11. The summed E-state index contributed by atoms with van der Waals surface area (Å²) in [6.45, 7) is 6.58.